The van der Waals surface area contributed by atoms with Crippen molar-refractivity contribution in [2.24, 2.45) is 17.8 Å². The summed E-state index contributed by atoms with van der Waals surface area (Å²) in [6.07, 6.45) is 3.95. The van der Waals surface area contributed by atoms with Gasteiger partial charge in [-0.05, 0) is 60.2 Å². The monoisotopic (exact) mass is 423 g/mol. The Balaban J connectivity index is 1.30. The summed E-state index contributed by atoms with van der Waals surface area (Å²) >= 11 is 0. The van der Waals surface area contributed by atoms with E-state index >= 15 is 0 Å². The number of hydrogen-bond acceptors (Lipinski definition) is 5. The van der Waals surface area contributed by atoms with Gasteiger partial charge in [-0.2, -0.15) is 0 Å². The maximum Gasteiger partial charge on any atom is 0.309 e. The van der Waals surface area contributed by atoms with E-state index in [2.05, 4.69) is 0 Å². The molecule has 1 amide bonds. The highest BCUT2D eigenvalue weighted by Gasteiger charge is 2.41. The van der Waals surface area contributed by atoms with Gasteiger partial charge in [0.25, 0.3) is 5.91 Å². The Kier molecular flexibility index (Phi) is 6.25. The summed E-state index contributed by atoms with van der Waals surface area (Å²) in [4.78, 5) is 38.8. The van der Waals surface area contributed by atoms with Gasteiger partial charge >= 0.3 is 5.97 Å². The minimum absolute atomic E-state index is 0.00343. The minimum atomic E-state index is -0.342. The molecule has 4 rings (SSSR count). The molecule has 0 aliphatic heterocycles. The van der Waals surface area contributed by atoms with E-state index in [1.807, 2.05) is 36.4 Å². The zero-order chi connectivity index (χ0) is 22.0. The summed E-state index contributed by atoms with van der Waals surface area (Å²) in [6, 6.07) is 11.9. The lowest BCUT2D eigenvalue weighted by atomic mass is 9.67. The number of nitrogens with zero attached hydrogens (tertiary/aromatic N) is 1. The molecule has 0 saturated heterocycles. The SMILES string of the molecule is COc1ccc2cc(CN(C)C(=O)COC(=O)C3C[C@H]4CCC[C@@H](C3)C4=O)ccc2c1. The summed E-state index contributed by atoms with van der Waals surface area (Å²) in [5.41, 5.74) is 0.999. The first-order valence-corrected chi connectivity index (χ1v) is 11.0. The third kappa shape index (κ3) is 4.73. The normalized spacial score (nSPS) is 22.8. The van der Waals surface area contributed by atoms with Crippen molar-refractivity contribution >= 4 is 28.4 Å². The number of fused-ring (bicyclic) bond motifs is 3. The second-order valence-corrected chi connectivity index (χ2v) is 8.80. The molecule has 2 aromatic carbocycles. The van der Waals surface area contributed by atoms with Gasteiger partial charge in [0.1, 0.15) is 11.5 Å². The van der Waals surface area contributed by atoms with Crippen molar-refractivity contribution in [3.8, 4) is 5.75 Å². The fourth-order valence-corrected chi connectivity index (χ4v) is 4.89. The standard InChI is InChI=1S/C25H29NO5/c1-26(14-16-6-7-18-13-22(30-2)9-8-17(18)10-16)23(27)15-31-25(29)21-11-19-4-3-5-20(12-21)24(19)28/h6-10,13,19-21H,3-5,11-12,14-15H2,1-2H3/t19-,20+,21?. The summed E-state index contributed by atoms with van der Waals surface area (Å²) in [5.74, 6) is 0.275. The van der Waals surface area contributed by atoms with Crippen LogP contribution in [0.2, 0.25) is 0 Å². The molecule has 6 nitrogen and oxygen atoms in total. The molecule has 0 radical (unpaired) electrons. The second-order valence-electron chi connectivity index (χ2n) is 8.80. The largest absolute Gasteiger partial charge is 0.497 e. The van der Waals surface area contributed by atoms with Gasteiger partial charge in [-0.25, -0.2) is 0 Å². The Morgan fingerprint density at radius 3 is 2.42 bits per heavy atom. The number of ketones is 1. The molecule has 2 aliphatic rings. The molecule has 3 atom stereocenters. The zero-order valence-electron chi connectivity index (χ0n) is 18.1. The number of rotatable bonds is 6. The lowest BCUT2D eigenvalue weighted by Crippen LogP contribution is -2.40. The van der Waals surface area contributed by atoms with Crippen LogP contribution in [-0.4, -0.2) is 43.3 Å². The van der Waals surface area contributed by atoms with Gasteiger partial charge in [-0.15, -0.1) is 0 Å². The quantitative estimate of drug-likeness (QED) is 0.662. The number of benzene rings is 2. The number of hydrogen-bond donors (Lipinski definition) is 0. The smallest absolute Gasteiger partial charge is 0.309 e. The van der Waals surface area contributed by atoms with Crippen LogP contribution in [-0.2, 0) is 25.7 Å². The van der Waals surface area contributed by atoms with Crippen LogP contribution < -0.4 is 4.74 Å². The molecule has 0 aromatic heterocycles. The van der Waals surface area contributed by atoms with Gasteiger partial charge in [-0.3, -0.25) is 14.4 Å². The summed E-state index contributed by atoms with van der Waals surface area (Å²) in [6.45, 7) is 0.167. The van der Waals surface area contributed by atoms with Crippen molar-refractivity contribution in [2.75, 3.05) is 20.8 Å². The topological polar surface area (TPSA) is 72.9 Å². The van der Waals surface area contributed by atoms with E-state index in [4.69, 9.17) is 9.47 Å². The fraction of sp³-hybridized carbons (Fsp3) is 0.480. The van der Waals surface area contributed by atoms with Gasteiger partial charge in [0, 0.05) is 25.4 Å². The van der Waals surface area contributed by atoms with Gasteiger partial charge < -0.3 is 14.4 Å². The zero-order valence-corrected chi connectivity index (χ0v) is 18.1. The van der Waals surface area contributed by atoms with Crippen molar-refractivity contribution in [2.45, 2.75) is 38.6 Å². The van der Waals surface area contributed by atoms with E-state index in [0.29, 0.717) is 25.2 Å². The summed E-state index contributed by atoms with van der Waals surface area (Å²) in [7, 11) is 3.35. The van der Waals surface area contributed by atoms with Crippen LogP contribution in [0.4, 0.5) is 0 Å². The Hall–Kier alpha value is -2.89. The molecule has 31 heavy (non-hydrogen) atoms. The third-order valence-corrected chi connectivity index (χ3v) is 6.68. The number of amides is 1. The predicted molar refractivity (Wildman–Crippen MR) is 116 cm³/mol. The van der Waals surface area contributed by atoms with Crippen LogP contribution in [0.3, 0.4) is 0 Å². The van der Waals surface area contributed by atoms with Gasteiger partial charge in [0.15, 0.2) is 6.61 Å². The first kappa shape index (κ1) is 21.3. The third-order valence-electron chi connectivity index (χ3n) is 6.68. The molecule has 2 bridgehead atoms. The second kappa shape index (κ2) is 9.08. The van der Waals surface area contributed by atoms with Crippen LogP contribution in [0.15, 0.2) is 36.4 Å². The Labute approximate surface area is 182 Å². The van der Waals surface area contributed by atoms with Crippen LogP contribution >= 0.6 is 0 Å². The molecule has 2 aliphatic carbocycles. The van der Waals surface area contributed by atoms with E-state index in [1.54, 1.807) is 19.1 Å². The van der Waals surface area contributed by atoms with E-state index in [0.717, 1.165) is 41.3 Å². The maximum atomic E-state index is 12.5. The lowest BCUT2D eigenvalue weighted by molar-refractivity contribution is -0.158. The minimum Gasteiger partial charge on any atom is -0.497 e. The number of carbonyl (C=O) groups excluding carboxylic acids is 3. The maximum absolute atomic E-state index is 12.5. The summed E-state index contributed by atoms with van der Waals surface area (Å²) < 4.78 is 10.6. The first-order chi connectivity index (χ1) is 14.9. The average molecular weight is 424 g/mol. The van der Waals surface area contributed by atoms with Crippen LogP contribution in [0.5, 0.6) is 5.75 Å². The molecule has 2 saturated carbocycles. The average Bonchev–Trinajstić information content (AvgIpc) is 2.76. The van der Waals surface area contributed by atoms with Crippen LogP contribution in [0, 0.1) is 17.8 Å². The van der Waals surface area contributed by atoms with Crippen molar-refractivity contribution in [1.29, 1.82) is 0 Å². The van der Waals surface area contributed by atoms with E-state index in [1.165, 1.54) is 0 Å². The molecule has 1 unspecified atom stereocenters. The number of Topliss-reactive ketones (excluding diaryl/α,β-unsaturated/α-hetero) is 1. The van der Waals surface area contributed by atoms with Crippen molar-refractivity contribution in [1.82, 2.24) is 4.90 Å². The lowest BCUT2D eigenvalue weighted by Gasteiger charge is -2.36. The van der Waals surface area contributed by atoms with E-state index in [9.17, 15) is 14.4 Å². The highest BCUT2D eigenvalue weighted by atomic mass is 16.5. The van der Waals surface area contributed by atoms with Gasteiger partial charge in [0.2, 0.25) is 0 Å². The van der Waals surface area contributed by atoms with Crippen LogP contribution in [0.25, 0.3) is 10.8 Å². The molecular formula is C25H29NO5. The van der Waals surface area contributed by atoms with Crippen molar-refractivity contribution < 1.29 is 23.9 Å². The predicted octanol–water partition coefficient (Wildman–Crippen LogP) is 3.75. The molecule has 0 heterocycles. The van der Waals surface area contributed by atoms with Crippen molar-refractivity contribution in [3.63, 3.8) is 0 Å². The van der Waals surface area contributed by atoms with E-state index in [-0.39, 0.29) is 36.2 Å². The van der Waals surface area contributed by atoms with Crippen molar-refractivity contribution in [3.05, 3.63) is 42.0 Å². The molecule has 2 aromatic rings. The van der Waals surface area contributed by atoms with Gasteiger partial charge in [0.05, 0.1) is 13.0 Å². The van der Waals surface area contributed by atoms with Gasteiger partial charge in [-0.1, -0.05) is 24.6 Å². The molecule has 164 valence electrons. The Morgan fingerprint density at radius 1 is 1.03 bits per heavy atom. The number of esters is 1. The number of ether oxygens (including phenoxy) is 2. The number of likely N-dealkylation sites (N-methyl/N-ethyl adjacent to an activating group) is 1. The molecule has 6 heteroatoms. The van der Waals surface area contributed by atoms with E-state index < -0.39 is 0 Å². The number of carbonyl (C=O) groups is 3. The molecule has 0 spiro atoms. The Morgan fingerprint density at radius 2 is 1.71 bits per heavy atom. The van der Waals surface area contributed by atoms with Crippen LogP contribution in [0.1, 0.15) is 37.7 Å². The highest BCUT2D eigenvalue weighted by Crippen LogP contribution is 2.40. The molecular weight excluding hydrogens is 394 g/mol. The highest BCUT2D eigenvalue weighted by molar-refractivity contribution is 5.88. The fourth-order valence-electron chi connectivity index (χ4n) is 4.89. The molecule has 2 fully saturated rings. The molecule has 0 N–H and O–H groups in total. The Bertz CT molecular complexity index is 985. The number of methoxy groups -OCH3 is 1. The summed E-state index contributed by atoms with van der Waals surface area (Å²) in [5, 5.41) is 2.14. The first-order valence-electron chi connectivity index (χ1n) is 11.0.